The van der Waals surface area contributed by atoms with E-state index in [0.29, 0.717) is 11.4 Å². The van der Waals surface area contributed by atoms with Gasteiger partial charge in [-0.3, -0.25) is 0 Å². The first-order chi connectivity index (χ1) is 8.27. The predicted molar refractivity (Wildman–Crippen MR) is 70.6 cm³/mol. The first-order valence-electron chi connectivity index (χ1n) is 4.97. The highest BCUT2D eigenvalue weighted by molar-refractivity contribution is 6.26. The number of para-hydroxylation sites is 2. The van der Waals surface area contributed by atoms with E-state index < -0.39 is 0 Å². The van der Waals surface area contributed by atoms with Crippen LogP contribution in [0.15, 0.2) is 60.7 Å². The zero-order chi connectivity index (χ0) is 12.1. The number of rotatable bonds is 4. The van der Waals surface area contributed by atoms with Gasteiger partial charge < -0.3 is 0 Å². The molecule has 3 nitrogen and oxygen atoms in total. The van der Waals surface area contributed by atoms with E-state index in [0.717, 1.165) is 9.16 Å². The normalized spacial score (nSPS) is 10.0. The fourth-order valence-corrected chi connectivity index (χ4v) is 1.63. The van der Waals surface area contributed by atoms with Crippen LogP contribution in [0.2, 0.25) is 0 Å². The van der Waals surface area contributed by atoms with Crippen LogP contribution in [0.5, 0.6) is 0 Å². The Morgan fingerprint density at radius 1 is 0.647 bits per heavy atom. The van der Waals surface area contributed by atoms with Crippen molar-refractivity contribution in [3.63, 3.8) is 0 Å². The highest BCUT2D eigenvalue weighted by Crippen LogP contribution is 2.22. The van der Waals surface area contributed by atoms with Gasteiger partial charge in [-0.15, -0.1) is 14.1 Å². The smallest absolute Gasteiger partial charge is 0.0852 e. The standard InChI is InChI=1S/C12H10Cl2N2O/c13-15(11-7-3-1-4-8-11)17-16(14)12-9-5-2-6-10-12/h1-10H. The van der Waals surface area contributed by atoms with Crippen molar-refractivity contribution in [3.8, 4) is 0 Å². The van der Waals surface area contributed by atoms with Crippen molar-refractivity contribution in [2.24, 2.45) is 0 Å². The van der Waals surface area contributed by atoms with Gasteiger partial charge in [0.1, 0.15) is 0 Å². The minimum absolute atomic E-state index is 0.691. The Bertz CT molecular complexity index is 409. The maximum atomic E-state index is 5.94. The molecule has 2 aromatic rings. The first kappa shape index (κ1) is 12.0. The van der Waals surface area contributed by atoms with Gasteiger partial charge in [0.2, 0.25) is 0 Å². The van der Waals surface area contributed by atoms with Crippen molar-refractivity contribution in [1.29, 1.82) is 0 Å². The second-order valence-corrected chi connectivity index (χ2v) is 3.86. The summed E-state index contributed by atoms with van der Waals surface area (Å²) in [5.41, 5.74) is 1.38. The second kappa shape index (κ2) is 5.77. The van der Waals surface area contributed by atoms with Gasteiger partial charge in [-0.25, -0.2) is 0 Å². The minimum atomic E-state index is 0.691. The molecular weight excluding hydrogens is 259 g/mol. The van der Waals surface area contributed by atoms with E-state index in [-0.39, 0.29) is 0 Å². The molecule has 0 amide bonds. The molecule has 88 valence electrons. The zero-order valence-electron chi connectivity index (χ0n) is 8.83. The maximum absolute atomic E-state index is 5.94. The molecule has 2 rings (SSSR count). The van der Waals surface area contributed by atoms with Crippen LogP contribution in [-0.2, 0) is 4.94 Å². The van der Waals surface area contributed by atoms with Gasteiger partial charge in [0.15, 0.2) is 0 Å². The zero-order valence-corrected chi connectivity index (χ0v) is 10.3. The van der Waals surface area contributed by atoms with Crippen LogP contribution in [0.25, 0.3) is 0 Å². The van der Waals surface area contributed by atoms with Crippen molar-refractivity contribution < 1.29 is 4.94 Å². The van der Waals surface area contributed by atoms with Crippen LogP contribution < -0.4 is 9.16 Å². The third-order valence-corrected chi connectivity index (χ3v) is 2.58. The number of benzene rings is 2. The van der Waals surface area contributed by atoms with Crippen molar-refractivity contribution in [2.75, 3.05) is 9.16 Å². The molecule has 0 saturated heterocycles. The Kier molecular flexibility index (Phi) is 4.09. The summed E-state index contributed by atoms with van der Waals surface area (Å²) >= 11 is 11.9. The molecule has 0 spiro atoms. The fraction of sp³-hybridized carbons (Fsp3) is 0. The first-order valence-corrected chi connectivity index (χ1v) is 5.65. The molecule has 0 atom stereocenters. The van der Waals surface area contributed by atoms with Crippen LogP contribution in [0.3, 0.4) is 0 Å². The summed E-state index contributed by atoms with van der Waals surface area (Å²) in [7, 11) is 0. The summed E-state index contributed by atoms with van der Waals surface area (Å²) in [5.74, 6) is 0. The van der Waals surface area contributed by atoms with Gasteiger partial charge in [-0.05, 0) is 24.3 Å². The van der Waals surface area contributed by atoms with Crippen molar-refractivity contribution in [1.82, 2.24) is 0 Å². The average molecular weight is 269 g/mol. The minimum Gasteiger partial charge on any atom is -0.134 e. The Hall–Kier alpha value is -1.42. The second-order valence-electron chi connectivity index (χ2n) is 3.24. The number of anilines is 2. The molecule has 0 aliphatic rings. The quantitative estimate of drug-likeness (QED) is 0.612. The van der Waals surface area contributed by atoms with Gasteiger partial charge in [0.25, 0.3) is 0 Å². The third-order valence-electron chi connectivity index (χ3n) is 2.06. The number of nitrogens with zero attached hydrogens (tertiary/aromatic N) is 2. The molecule has 17 heavy (non-hydrogen) atoms. The summed E-state index contributed by atoms with van der Waals surface area (Å²) in [4.78, 5) is 5.22. The molecule has 0 bridgehead atoms. The molecule has 0 fully saturated rings. The van der Waals surface area contributed by atoms with Gasteiger partial charge in [-0.2, -0.15) is 0 Å². The molecule has 0 unspecified atom stereocenters. The Labute approximate surface area is 110 Å². The molecule has 5 heteroatoms. The van der Waals surface area contributed by atoms with Crippen LogP contribution >= 0.6 is 23.6 Å². The molecule has 0 aliphatic heterocycles. The highest BCUT2D eigenvalue weighted by Gasteiger charge is 2.10. The van der Waals surface area contributed by atoms with E-state index in [1.54, 1.807) is 0 Å². The van der Waals surface area contributed by atoms with E-state index in [2.05, 4.69) is 0 Å². The largest absolute Gasteiger partial charge is 0.134 e. The number of hydrogen-bond donors (Lipinski definition) is 0. The van der Waals surface area contributed by atoms with Crippen molar-refractivity contribution in [3.05, 3.63) is 60.7 Å². The fourth-order valence-electron chi connectivity index (χ4n) is 1.25. The van der Waals surface area contributed by atoms with Gasteiger partial charge in [0.05, 0.1) is 11.4 Å². The van der Waals surface area contributed by atoms with Crippen LogP contribution in [0.1, 0.15) is 0 Å². The van der Waals surface area contributed by atoms with Crippen molar-refractivity contribution in [2.45, 2.75) is 0 Å². The molecule has 0 saturated carbocycles. The predicted octanol–water partition coefficient (Wildman–Crippen LogP) is 4.15. The summed E-state index contributed by atoms with van der Waals surface area (Å²) < 4.78 is 2.14. The van der Waals surface area contributed by atoms with Crippen LogP contribution in [0.4, 0.5) is 11.4 Å². The summed E-state index contributed by atoms with van der Waals surface area (Å²) in [5, 5.41) is 0. The highest BCUT2D eigenvalue weighted by atomic mass is 35.5. The van der Waals surface area contributed by atoms with E-state index in [1.807, 2.05) is 60.7 Å². The maximum Gasteiger partial charge on any atom is 0.0852 e. The Balaban J connectivity index is 2.02. The summed E-state index contributed by atoms with van der Waals surface area (Å²) in [6.07, 6.45) is 0. The van der Waals surface area contributed by atoms with E-state index >= 15 is 0 Å². The van der Waals surface area contributed by atoms with Crippen LogP contribution in [0, 0.1) is 0 Å². The van der Waals surface area contributed by atoms with E-state index in [1.165, 1.54) is 0 Å². The summed E-state index contributed by atoms with van der Waals surface area (Å²) in [6.45, 7) is 0. The SMILES string of the molecule is ClN(ON(Cl)c1ccccc1)c1ccccc1. The van der Waals surface area contributed by atoms with Gasteiger partial charge >= 0.3 is 0 Å². The molecule has 0 aromatic heterocycles. The Morgan fingerprint density at radius 3 is 1.35 bits per heavy atom. The molecular formula is C12H10Cl2N2O. The lowest BCUT2D eigenvalue weighted by Crippen LogP contribution is -2.22. The van der Waals surface area contributed by atoms with E-state index in [4.69, 9.17) is 28.5 Å². The molecule has 0 heterocycles. The van der Waals surface area contributed by atoms with Gasteiger partial charge in [0, 0.05) is 23.6 Å². The lowest BCUT2D eigenvalue weighted by atomic mass is 10.3. The lowest BCUT2D eigenvalue weighted by Gasteiger charge is -2.20. The van der Waals surface area contributed by atoms with Crippen molar-refractivity contribution >= 4 is 34.9 Å². The molecule has 0 N–H and O–H groups in total. The van der Waals surface area contributed by atoms with Crippen LogP contribution in [-0.4, -0.2) is 0 Å². The Morgan fingerprint density at radius 2 is 1.00 bits per heavy atom. The van der Waals surface area contributed by atoms with E-state index in [9.17, 15) is 0 Å². The molecule has 0 aliphatic carbocycles. The number of hydrogen-bond acceptors (Lipinski definition) is 3. The third kappa shape index (κ3) is 3.27. The summed E-state index contributed by atoms with van der Waals surface area (Å²) in [6, 6.07) is 18.4. The average Bonchev–Trinajstić information content (AvgIpc) is 2.40. The monoisotopic (exact) mass is 268 g/mol. The number of halogens is 2. The molecule has 0 radical (unpaired) electrons. The molecule has 2 aromatic carbocycles. The van der Waals surface area contributed by atoms with Gasteiger partial charge in [-0.1, -0.05) is 36.4 Å². The topological polar surface area (TPSA) is 15.7 Å². The lowest BCUT2D eigenvalue weighted by molar-refractivity contribution is 0.170.